The third kappa shape index (κ3) is 3.52. The van der Waals surface area contributed by atoms with E-state index in [9.17, 15) is 0 Å². The lowest BCUT2D eigenvalue weighted by Crippen LogP contribution is -2.26. The van der Waals surface area contributed by atoms with Crippen LogP contribution < -0.4 is 5.32 Å². The summed E-state index contributed by atoms with van der Waals surface area (Å²) in [6.45, 7) is 5.49. The molecule has 2 nitrogen and oxygen atoms in total. The SMILES string of the molecule is C=CCCCC(C1=NCCN1)c1c(Cl)cccc1Cl. The number of amidine groups is 1. The molecule has 0 radical (unpaired) electrons. The fourth-order valence-electron chi connectivity index (χ4n) is 2.38. The molecule has 1 aromatic rings. The highest BCUT2D eigenvalue weighted by atomic mass is 35.5. The zero-order chi connectivity index (χ0) is 13.7. The molecule has 1 unspecified atom stereocenters. The first kappa shape index (κ1) is 14.4. The fourth-order valence-corrected chi connectivity index (χ4v) is 3.04. The second kappa shape index (κ2) is 6.97. The van der Waals surface area contributed by atoms with Crippen molar-refractivity contribution in [3.8, 4) is 0 Å². The number of halogens is 2. The number of hydrogen-bond acceptors (Lipinski definition) is 2. The van der Waals surface area contributed by atoms with E-state index >= 15 is 0 Å². The predicted octanol–water partition coefficient (Wildman–Crippen LogP) is 4.44. The summed E-state index contributed by atoms with van der Waals surface area (Å²) in [5.41, 5.74) is 0.989. The van der Waals surface area contributed by atoms with Crippen molar-refractivity contribution in [1.82, 2.24) is 5.32 Å². The minimum absolute atomic E-state index is 0.156. The molecule has 0 spiro atoms. The van der Waals surface area contributed by atoms with Crippen molar-refractivity contribution in [1.29, 1.82) is 0 Å². The van der Waals surface area contributed by atoms with Gasteiger partial charge in [-0.15, -0.1) is 6.58 Å². The molecule has 1 aromatic carbocycles. The topological polar surface area (TPSA) is 24.4 Å². The van der Waals surface area contributed by atoms with Crippen LogP contribution >= 0.6 is 23.2 Å². The van der Waals surface area contributed by atoms with Gasteiger partial charge >= 0.3 is 0 Å². The number of nitrogens with one attached hydrogen (secondary N) is 1. The molecule has 4 heteroatoms. The molecule has 0 amide bonds. The number of rotatable bonds is 6. The average molecular weight is 297 g/mol. The molecule has 1 aliphatic heterocycles. The molecule has 102 valence electrons. The Balaban J connectivity index is 2.28. The van der Waals surface area contributed by atoms with Gasteiger partial charge in [-0.3, -0.25) is 4.99 Å². The van der Waals surface area contributed by atoms with Crippen LogP contribution in [0.4, 0.5) is 0 Å². The summed E-state index contributed by atoms with van der Waals surface area (Å²) in [4.78, 5) is 4.54. The molecular weight excluding hydrogens is 279 g/mol. The van der Waals surface area contributed by atoms with Gasteiger partial charge in [-0.25, -0.2) is 0 Å². The van der Waals surface area contributed by atoms with Crippen LogP contribution in [-0.4, -0.2) is 18.9 Å². The highest BCUT2D eigenvalue weighted by molar-refractivity contribution is 6.36. The summed E-state index contributed by atoms with van der Waals surface area (Å²) in [6, 6.07) is 5.65. The molecule has 2 rings (SSSR count). The van der Waals surface area contributed by atoms with Gasteiger partial charge in [-0.2, -0.15) is 0 Å². The summed E-state index contributed by atoms with van der Waals surface area (Å²) in [6.07, 6.45) is 4.96. The van der Waals surface area contributed by atoms with Gasteiger partial charge in [0.25, 0.3) is 0 Å². The molecule has 1 atom stereocenters. The van der Waals surface area contributed by atoms with Crippen molar-refractivity contribution < 1.29 is 0 Å². The second-order valence-electron chi connectivity index (χ2n) is 4.60. The van der Waals surface area contributed by atoms with E-state index in [1.807, 2.05) is 24.3 Å². The highest BCUT2D eigenvalue weighted by Gasteiger charge is 2.24. The third-order valence-electron chi connectivity index (χ3n) is 3.28. The molecule has 0 saturated heterocycles. The molecule has 1 heterocycles. The molecule has 1 aliphatic rings. The maximum Gasteiger partial charge on any atom is 0.104 e. The van der Waals surface area contributed by atoms with Gasteiger partial charge in [-0.1, -0.05) is 35.3 Å². The standard InChI is InChI=1S/C15H18Cl2N2/c1-2-3-4-6-11(15-18-9-10-19-15)14-12(16)7-5-8-13(14)17/h2,5,7-8,11H,1,3-4,6,9-10H2,(H,18,19). The number of nitrogens with zero attached hydrogens (tertiary/aromatic N) is 1. The van der Waals surface area contributed by atoms with Crippen LogP contribution in [0.5, 0.6) is 0 Å². The zero-order valence-electron chi connectivity index (χ0n) is 10.8. The number of allylic oxidation sites excluding steroid dienone is 1. The monoisotopic (exact) mass is 296 g/mol. The summed E-state index contributed by atoms with van der Waals surface area (Å²) in [7, 11) is 0. The minimum Gasteiger partial charge on any atom is -0.371 e. The first-order valence-corrected chi connectivity index (χ1v) is 7.32. The van der Waals surface area contributed by atoms with Gasteiger partial charge < -0.3 is 5.32 Å². The van der Waals surface area contributed by atoms with Gasteiger partial charge in [-0.05, 0) is 37.0 Å². The van der Waals surface area contributed by atoms with Crippen LogP contribution in [0.25, 0.3) is 0 Å². The molecule has 0 bridgehead atoms. The van der Waals surface area contributed by atoms with Gasteiger partial charge in [0.1, 0.15) is 5.84 Å². The van der Waals surface area contributed by atoms with E-state index in [2.05, 4.69) is 16.9 Å². The van der Waals surface area contributed by atoms with Crippen molar-refractivity contribution in [3.63, 3.8) is 0 Å². The molecule has 1 N–H and O–H groups in total. The van der Waals surface area contributed by atoms with Gasteiger partial charge in [0.05, 0.1) is 6.54 Å². The fraction of sp³-hybridized carbons (Fsp3) is 0.400. The predicted molar refractivity (Wildman–Crippen MR) is 83.6 cm³/mol. The van der Waals surface area contributed by atoms with Crippen LogP contribution in [0.1, 0.15) is 30.7 Å². The smallest absolute Gasteiger partial charge is 0.104 e. The van der Waals surface area contributed by atoms with Crippen LogP contribution in [0.15, 0.2) is 35.8 Å². The van der Waals surface area contributed by atoms with Gasteiger partial charge in [0.2, 0.25) is 0 Å². The molecular formula is C15H18Cl2N2. The number of unbranched alkanes of at least 4 members (excludes halogenated alkanes) is 1. The van der Waals surface area contributed by atoms with Gasteiger partial charge in [0.15, 0.2) is 0 Å². The highest BCUT2D eigenvalue weighted by Crippen LogP contribution is 2.35. The number of aliphatic imine (C=N–C) groups is 1. The van der Waals surface area contributed by atoms with Crippen molar-refractivity contribution in [2.24, 2.45) is 4.99 Å². The summed E-state index contributed by atoms with van der Waals surface area (Å²) in [5, 5.41) is 4.77. The third-order valence-corrected chi connectivity index (χ3v) is 3.94. The summed E-state index contributed by atoms with van der Waals surface area (Å²) in [5.74, 6) is 1.17. The zero-order valence-corrected chi connectivity index (χ0v) is 12.3. The molecule has 0 fully saturated rings. The lowest BCUT2D eigenvalue weighted by molar-refractivity contribution is 0.697. The molecule has 0 saturated carbocycles. The van der Waals surface area contributed by atoms with Crippen molar-refractivity contribution >= 4 is 29.0 Å². The Morgan fingerprint density at radius 3 is 2.68 bits per heavy atom. The molecule has 19 heavy (non-hydrogen) atoms. The van der Waals surface area contributed by atoms with E-state index in [1.54, 1.807) is 0 Å². The van der Waals surface area contributed by atoms with Gasteiger partial charge in [0, 0.05) is 22.5 Å². The second-order valence-corrected chi connectivity index (χ2v) is 5.42. The Morgan fingerprint density at radius 2 is 2.11 bits per heavy atom. The lowest BCUT2D eigenvalue weighted by atomic mass is 9.92. The first-order valence-electron chi connectivity index (χ1n) is 6.57. The van der Waals surface area contributed by atoms with E-state index in [0.29, 0.717) is 10.0 Å². The quantitative estimate of drug-likeness (QED) is 0.609. The lowest BCUT2D eigenvalue weighted by Gasteiger charge is -2.20. The molecule has 0 aliphatic carbocycles. The maximum atomic E-state index is 6.33. The summed E-state index contributed by atoms with van der Waals surface area (Å²) >= 11 is 12.7. The van der Waals surface area contributed by atoms with Crippen LogP contribution in [0.3, 0.4) is 0 Å². The number of benzene rings is 1. The Kier molecular flexibility index (Phi) is 5.29. The van der Waals surface area contributed by atoms with Crippen LogP contribution in [0, 0.1) is 0 Å². The van der Waals surface area contributed by atoms with E-state index in [4.69, 9.17) is 23.2 Å². The molecule has 0 aromatic heterocycles. The van der Waals surface area contributed by atoms with Crippen LogP contribution in [0.2, 0.25) is 10.0 Å². The van der Waals surface area contributed by atoms with Crippen molar-refractivity contribution in [2.45, 2.75) is 25.2 Å². The minimum atomic E-state index is 0.156. The summed E-state index contributed by atoms with van der Waals surface area (Å²) < 4.78 is 0. The van der Waals surface area contributed by atoms with E-state index in [1.165, 1.54) is 0 Å². The number of hydrogen-bond donors (Lipinski definition) is 1. The normalized spacial score (nSPS) is 15.8. The Hall–Kier alpha value is -0.990. The average Bonchev–Trinajstić information content (AvgIpc) is 2.90. The van der Waals surface area contributed by atoms with Crippen molar-refractivity contribution in [2.75, 3.05) is 13.1 Å². The Labute approximate surface area is 124 Å². The first-order chi connectivity index (χ1) is 9.24. The Bertz CT molecular complexity index is 463. The maximum absolute atomic E-state index is 6.33. The van der Waals surface area contributed by atoms with Crippen LogP contribution in [-0.2, 0) is 0 Å². The Morgan fingerprint density at radius 1 is 1.37 bits per heavy atom. The van der Waals surface area contributed by atoms with Crippen molar-refractivity contribution in [3.05, 3.63) is 46.5 Å². The van der Waals surface area contributed by atoms with E-state index in [-0.39, 0.29) is 5.92 Å². The van der Waals surface area contributed by atoms with E-state index in [0.717, 1.165) is 43.8 Å². The largest absolute Gasteiger partial charge is 0.371 e. The van der Waals surface area contributed by atoms with E-state index < -0.39 is 0 Å².